The molecular formula is C20H23N4O+. The van der Waals surface area contributed by atoms with Gasteiger partial charge in [-0.2, -0.15) is 5.10 Å². The fourth-order valence-corrected chi connectivity index (χ4v) is 2.78. The average molecular weight is 335 g/mol. The van der Waals surface area contributed by atoms with Crippen LogP contribution in [0.3, 0.4) is 0 Å². The van der Waals surface area contributed by atoms with E-state index in [9.17, 15) is 4.79 Å². The topological polar surface area (TPSA) is 62.2 Å². The van der Waals surface area contributed by atoms with E-state index in [1.165, 1.54) is 4.90 Å². The third kappa shape index (κ3) is 4.33. The molecule has 5 heteroatoms. The van der Waals surface area contributed by atoms with Crippen molar-refractivity contribution in [2.24, 2.45) is 0 Å². The predicted octanol–water partition coefficient (Wildman–Crippen LogP) is 1.69. The van der Waals surface area contributed by atoms with Crippen LogP contribution in [0.4, 0.5) is 0 Å². The normalized spacial score (nSPS) is 12.1. The molecule has 0 saturated carbocycles. The maximum Gasteiger partial charge on any atom is 0.269 e. The second-order valence-corrected chi connectivity index (χ2v) is 6.38. The minimum atomic E-state index is -0.148. The molecular weight excluding hydrogens is 312 g/mol. The van der Waals surface area contributed by atoms with Gasteiger partial charge < -0.3 is 10.2 Å². The van der Waals surface area contributed by atoms with Crippen LogP contribution in [0.15, 0.2) is 66.7 Å². The van der Waals surface area contributed by atoms with Crippen LogP contribution in [0, 0.1) is 0 Å². The molecule has 5 nitrogen and oxygen atoms in total. The number of likely N-dealkylation sites (N-methyl/N-ethyl adjacent to an activating group) is 1. The van der Waals surface area contributed by atoms with E-state index in [2.05, 4.69) is 29.6 Å². The summed E-state index contributed by atoms with van der Waals surface area (Å²) >= 11 is 0. The zero-order chi connectivity index (χ0) is 17.6. The number of aromatic nitrogens is 2. The molecule has 2 aromatic carbocycles. The highest BCUT2D eigenvalue weighted by Gasteiger charge is 2.20. The lowest BCUT2D eigenvalue weighted by Gasteiger charge is -2.20. The highest BCUT2D eigenvalue weighted by Crippen LogP contribution is 2.17. The Kier molecular flexibility index (Phi) is 5.26. The van der Waals surface area contributed by atoms with E-state index in [4.69, 9.17) is 0 Å². The summed E-state index contributed by atoms with van der Waals surface area (Å²) in [6.07, 6.45) is 0. The Morgan fingerprint density at radius 2 is 1.72 bits per heavy atom. The quantitative estimate of drug-likeness (QED) is 0.642. The van der Waals surface area contributed by atoms with E-state index in [1.54, 1.807) is 6.07 Å². The van der Waals surface area contributed by atoms with Gasteiger partial charge in [-0.3, -0.25) is 9.89 Å². The molecule has 3 aromatic rings. The first kappa shape index (κ1) is 16.9. The molecule has 3 rings (SSSR count). The van der Waals surface area contributed by atoms with Crippen molar-refractivity contribution < 1.29 is 9.69 Å². The molecule has 0 unspecified atom stereocenters. The van der Waals surface area contributed by atoms with Gasteiger partial charge in [0.2, 0.25) is 0 Å². The fraction of sp³-hybridized carbons (Fsp3) is 0.200. The van der Waals surface area contributed by atoms with Gasteiger partial charge in [0.05, 0.1) is 19.8 Å². The van der Waals surface area contributed by atoms with Crippen molar-refractivity contribution in [2.45, 2.75) is 6.04 Å². The summed E-state index contributed by atoms with van der Waals surface area (Å²) < 4.78 is 0. The van der Waals surface area contributed by atoms with Gasteiger partial charge in [0.25, 0.3) is 5.91 Å². The number of carbonyl (C=O) groups excluding carboxylic acids is 1. The third-order valence-electron chi connectivity index (χ3n) is 4.01. The molecule has 0 fully saturated rings. The highest BCUT2D eigenvalue weighted by molar-refractivity contribution is 5.93. The lowest BCUT2D eigenvalue weighted by molar-refractivity contribution is -0.860. The number of H-pyrrole nitrogens is 1. The monoisotopic (exact) mass is 335 g/mol. The summed E-state index contributed by atoms with van der Waals surface area (Å²) in [6.45, 7) is 0.801. The number of aromatic amines is 1. The average Bonchev–Trinajstić information content (AvgIpc) is 3.12. The van der Waals surface area contributed by atoms with Gasteiger partial charge in [-0.05, 0) is 11.6 Å². The van der Waals surface area contributed by atoms with Crippen molar-refractivity contribution in [3.63, 3.8) is 0 Å². The Morgan fingerprint density at radius 1 is 1.08 bits per heavy atom. The van der Waals surface area contributed by atoms with E-state index in [-0.39, 0.29) is 11.9 Å². The summed E-state index contributed by atoms with van der Waals surface area (Å²) in [6, 6.07) is 21.6. The first-order valence-electron chi connectivity index (χ1n) is 8.39. The van der Waals surface area contributed by atoms with E-state index in [1.807, 2.05) is 60.7 Å². The maximum atomic E-state index is 12.7. The van der Waals surface area contributed by atoms with Crippen LogP contribution in [0.25, 0.3) is 11.3 Å². The zero-order valence-corrected chi connectivity index (χ0v) is 14.5. The molecule has 3 N–H and O–H groups in total. The largest absolute Gasteiger partial charge is 0.338 e. The minimum absolute atomic E-state index is 0.0535. The van der Waals surface area contributed by atoms with Crippen molar-refractivity contribution in [1.29, 1.82) is 0 Å². The smallest absolute Gasteiger partial charge is 0.269 e. The van der Waals surface area contributed by atoms with E-state index in [0.29, 0.717) is 5.69 Å². The molecule has 1 aromatic heterocycles. The molecule has 25 heavy (non-hydrogen) atoms. The van der Waals surface area contributed by atoms with E-state index >= 15 is 0 Å². The molecule has 0 aliphatic heterocycles. The summed E-state index contributed by atoms with van der Waals surface area (Å²) in [7, 11) is 4.15. The lowest BCUT2D eigenvalue weighted by Crippen LogP contribution is -3.06. The zero-order valence-electron chi connectivity index (χ0n) is 14.5. The molecule has 0 aliphatic rings. The van der Waals surface area contributed by atoms with Crippen LogP contribution in [-0.2, 0) is 0 Å². The molecule has 1 amide bonds. The maximum absolute atomic E-state index is 12.7. The number of quaternary nitrogens is 1. The highest BCUT2D eigenvalue weighted by atomic mass is 16.2. The number of benzene rings is 2. The Labute approximate surface area is 147 Å². The van der Waals surface area contributed by atoms with E-state index < -0.39 is 0 Å². The van der Waals surface area contributed by atoms with Crippen molar-refractivity contribution in [3.8, 4) is 11.3 Å². The molecule has 128 valence electrons. The second-order valence-electron chi connectivity index (χ2n) is 6.38. The van der Waals surface area contributed by atoms with E-state index in [0.717, 1.165) is 23.4 Å². The summed E-state index contributed by atoms with van der Waals surface area (Å²) in [4.78, 5) is 13.9. The van der Waals surface area contributed by atoms with Crippen LogP contribution in [0.1, 0.15) is 22.1 Å². The third-order valence-corrected chi connectivity index (χ3v) is 4.01. The molecule has 0 radical (unpaired) electrons. The fourth-order valence-electron chi connectivity index (χ4n) is 2.78. The van der Waals surface area contributed by atoms with Gasteiger partial charge in [0, 0.05) is 5.56 Å². The number of hydrogen-bond acceptors (Lipinski definition) is 2. The lowest BCUT2D eigenvalue weighted by atomic mass is 10.1. The standard InChI is InChI=1S/C20H22N4O/c1-24(2)14-19(16-11-7-4-8-12-16)21-20(25)18-13-17(22-23-18)15-9-5-3-6-10-15/h3-13,19H,14H2,1-2H3,(H,21,25)(H,22,23)/p+1/t19-/m1/s1. The summed E-state index contributed by atoms with van der Waals surface area (Å²) in [5.41, 5.74) is 3.31. The van der Waals surface area contributed by atoms with Crippen molar-refractivity contribution in [1.82, 2.24) is 15.5 Å². The first-order valence-corrected chi connectivity index (χ1v) is 8.39. The van der Waals surface area contributed by atoms with Crippen LogP contribution < -0.4 is 10.2 Å². The molecule has 0 bridgehead atoms. The molecule has 0 saturated heterocycles. The predicted molar refractivity (Wildman–Crippen MR) is 98.4 cm³/mol. The SMILES string of the molecule is C[NH+](C)C[C@@H](NC(=O)c1cc(-c2ccccc2)n[nH]1)c1ccccc1. The van der Waals surface area contributed by atoms with Gasteiger partial charge >= 0.3 is 0 Å². The van der Waals surface area contributed by atoms with Crippen molar-refractivity contribution in [3.05, 3.63) is 78.0 Å². The molecule has 0 aliphatic carbocycles. The molecule has 1 atom stereocenters. The van der Waals surface area contributed by atoms with Crippen molar-refractivity contribution >= 4 is 5.91 Å². The molecule has 0 spiro atoms. The number of hydrogen-bond donors (Lipinski definition) is 3. The van der Waals surface area contributed by atoms with Crippen molar-refractivity contribution in [2.75, 3.05) is 20.6 Å². The number of carbonyl (C=O) groups is 1. The van der Waals surface area contributed by atoms with Crippen LogP contribution in [0.5, 0.6) is 0 Å². The Hall–Kier alpha value is -2.92. The van der Waals surface area contributed by atoms with Crippen LogP contribution >= 0.6 is 0 Å². The molecule has 1 heterocycles. The number of nitrogens with one attached hydrogen (secondary N) is 3. The summed E-state index contributed by atoms with van der Waals surface area (Å²) in [5.74, 6) is -0.148. The Bertz CT molecular complexity index is 812. The first-order chi connectivity index (χ1) is 12.1. The Morgan fingerprint density at radius 3 is 2.36 bits per heavy atom. The van der Waals surface area contributed by atoms with Crippen LogP contribution in [0.2, 0.25) is 0 Å². The van der Waals surface area contributed by atoms with Gasteiger partial charge in [0.15, 0.2) is 0 Å². The second kappa shape index (κ2) is 7.77. The van der Waals surface area contributed by atoms with Gasteiger partial charge in [-0.1, -0.05) is 60.7 Å². The Balaban J connectivity index is 1.77. The summed E-state index contributed by atoms with van der Waals surface area (Å²) in [5, 5.41) is 10.2. The van der Waals surface area contributed by atoms with Gasteiger partial charge in [-0.15, -0.1) is 0 Å². The van der Waals surface area contributed by atoms with Gasteiger partial charge in [0.1, 0.15) is 18.3 Å². The van der Waals surface area contributed by atoms with Crippen LogP contribution in [-0.4, -0.2) is 36.7 Å². The number of amides is 1. The minimum Gasteiger partial charge on any atom is -0.338 e. The van der Waals surface area contributed by atoms with Gasteiger partial charge in [-0.25, -0.2) is 0 Å². The number of nitrogens with zero attached hydrogens (tertiary/aromatic N) is 1. The number of rotatable bonds is 6.